The molecule has 2 aromatic rings. The number of benzene rings is 2. The summed E-state index contributed by atoms with van der Waals surface area (Å²) in [6.07, 6.45) is -2.58. The van der Waals surface area contributed by atoms with Crippen LogP contribution in [0.15, 0.2) is 58.5 Å². The Hall–Kier alpha value is -2.35. The zero-order chi connectivity index (χ0) is 17.1. The minimum absolute atomic E-state index is 0.134. The lowest BCUT2D eigenvalue weighted by atomic mass is 10.1. The number of rotatable bonds is 4. The first-order chi connectivity index (χ1) is 10.7. The van der Waals surface area contributed by atoms with E-state index in [0.717, 1.165) is 30.7 Å². The van der Waals surface area contributed by atoms with Crippen LogP contribution in [0.2, 0.25) is 0 Å². The first-order valence-corrected chi connectivity index (χ1v) is 8.32. The second-order valence-electron chi connectivity index (χ2n) is 4.76. The van der Waals surface area contributed by atoms with Gasteiger partial charge < -0.3 is 0 Å². The van der Waals surface area contributed by atoms with Gasteiger partial charge in [0.05, 0.1) is 22.4 Å². The van der Waals surface area contributed by atoms with Crippen molar-refractivity contribution in [2.75, 3.05) is 11.7 Å². The molecule has 0 atom stereocenters. The third kappa shape index (κ3) is 4.56. The second-order valence-corrected chi connectivity index (χ2v) is 6.74. The van der Waals surface area contributed by atoms with Gasteiger partial charge in [-0.05, 0) is 30.3 Å². The summed E-state index contributed by atoms with van der Waals surface area (Å²) in [5, 5.41) is 3.80. The van der Waals surface area contributed by atoms with Gasteiger partial charge in [-0.15, -0.1) is 0 Å². The van der Waals surface area contributed by atoms with E-state index < -0.39 is 21.6 Å². The summed E-state index contributed by atoms with van der Waals surface area (Å²) in [7, 11) is -3.68. The maximum atomic E-state index is 12.8. The molecule has 0 heterocycles. The first-order valence-electron chi connectivity index (χ1n) is 6.43. The number of hydrogen-bond donors (Lipinski definition) is 1. The van der Waals surface area contributed by atoms with Crippen molar-refractivity contribution in [1.29, 1.82) is 0 Å². The molecular weight excluding hydrogens is 329 g/mol. The van der Waals surface area contributed by atoms with Crippen LogP contribution in [0, 0.1) is 0 Å². The van der Waals surface area contributed by atoms with Crippen molar-refractivity contribution in [2.24, 2.45) is 5.10 Å². The fourth-order valence-corrected chi connectivity index (χ4v) is 2.71. The van der Waals surface area contributed by atoms with Gasteiger partial charge in [-0.25, -0.2) is 8.42 Å². The average molecular weight is 342 g/mol. The number of nitrogens with one attached hydrogen (secondary N) is 1. The zero-order valence-electron chi connectivity index (χ0n) is 12.0. The Morgan fingerprint density at radius 1 is 1.09 bits per heavy atom. The second kappa shape index (κ2) is 6.41. The standard InChI is InChI=1S/C15H13F3N2O2S/c1-23(21,22)14-8-7-12(15(16,17)18)9-11(14)10-19-20-13-5-3-2-4-6-13/h2-10,20H,1H3. The van der Waals surface area contributed by atoms with Crippen molar-refractivity contribution in [3.05, 3.63) is 59.7 Å². The van der Waals surface area contributed by atoms with E-state index in [2.05, 4.69) is 10.5 Å². The predicted molar refractivity (Wildman–Crippen MR) is 82.2 cm³/mol. The van der Waals surface area contributed by atoms with Crippen LogP contribution in [-0.4, -0.2) is 20.9 Å². The van der Waals surface area contributed by atoms with E-state index in [9.17, 15) is 21.6 Å². The first kappa shape index (κ1) is 17.0. The fourth-order valence-electron chi connectivity index (χ4n) is 1.85. The van der Waals surface area contributed by atoms with Gasteiger partial charge in [0.25, 0.3) is 0 Å². The van der Waals surface area contributed by atoms with Crippen LogP contribution in [0.25, 0.3) is 0 Å². The highest BCUT2D eigenvalue weighted by Gasteiger charge is 2.31. The summed E-state index contributed by atoms with van der Waals surface area (Å²) >= 11 is 0. The molecule has 4 nitrogen and oxygen atoms in total. The molecule has 1 N–H and O–H groups in total. The molecule has 0 radical (unpaired) electrons. The molecule has 8 heteroatoms. The normalized spacial score (nSPS) is 12.5. The van der Waals surface area contributed by atoms with Crippen molar-refractivity contribution >= 4 is 21.7 Å². The quantitative estimate of drug-likeness (QED) is 0.683. The molecule has 0 saturated heterocycles. The molecule has 0 saturated carbocycles. The van der Waals surface area contributed by atoms with Crippen LogP contribution in [0.3, 0.4) is 0 Å². The smallest absolute Gasteiger partial charge is 0.279 e. The van der Waals surface area contributed by atoms with Crippen LogP contribution in [0.5, 0.6) is 0 Å². The Balaban J connectivity index is 2.38. The van der Waals surface area contributed by atoms with Gasteiger partial charge in [0.1, 0.15) is 0 Å². The Morgan fingerprint density at radius 3 is 2.30 bits per heavy atom. The molecule has 122 valence electrons. The highest BCUT2D eigenvalue weighted by molar-refractivity contribution is 7.90. The van der Waals surface area contributed by atoms with Gasteiger partial charge in [-0.2, -0.15) is 18.3 Å². The Morgan fingerprint density at radius 2 is 1.74 bits per heavy atom. The van der Waals surface area contributed by atoms with Gasteiger partial charge >= 0.3 is 6.18 Å². The van der Waals surface area contributed by atoms with E-state index in [1.54, 1.807) is 30.3 Å². The van der Waals surface area contributed by atoms with Crippen molar-refractivity contribution in [3.63, 3.8) is 0 Å². The van der Waals surface area contributed by atoms with Gasteiger partial charge in [-0.3, -0.25) is 5.43 Å². The molecule has 0 aliphatic heterocycles. The summed E-state index contributed by atoms with van der Waals surface area (Å²) in [6, 6.07) is 11.1. The maximum Gasteiger partial charge on any atom is 0.416 e. The minimum Gasteiger partial charge on any atom is -0.279 e. The minimum atomic E-state index is -4.56. The highest BCUT2D eigenvalue weighted by atomic mass is 32.2. The van der Waals surface area contributed by atoms with E-state index in [1.807, 2.05) is 0 Å². The molecule has 0 aliphatic rings. The third-order valence-electron chi connectivity index (χ3n) is 2.91. The molecule has 2 aromatic carbocycles. The van der Waals surface area contributed by atoms with Gasteiger partial charge in [0.2, 0.25) is 0 Å². The predicted octanol–water partition coefficient (Wildman–Crippen LogP) is 3.55. The Labute approximate surface area is 131 Å². The number of hydrazone groups is 1. The lowest BCUT2D eigenvalue weighted by molar-refractivity contribution is -0.137. The van der Waals surface area contributed by atoms with Crippen LogP contribution in [0.4, 0.5) is 18.9 Å². The SMILES string of the molecule is CS(=O)(=O)c1ccc(C(F)(F)F)cc1C=NNc1ccccc1. The van der Waals surface area contributed by atoms with Crippen LogP contribution >= 0.6 is 0 Å². The van der Waals surface area contributed by atoms with E-state index in [0.29, 0.717) is 5.69 Å². The summed E-state index contributed by atoms with van der Waals surface area (Å²) in [5.41, 5.74) is 2.17. The number of nitrogens with zero attached hydrogens (tertiary/aromatic N) is 1. The van der Waals surface area contributed by atoms with E-state index in [1.165, 1.54) is 0 Å². The molecule has 0 amide bonds. The summed E-state index contributed by atoms with van der Waals surface area (Å²) in [6.45, 7) is 0. The lowest BCUT2D eigenvalue weighted by Gasteiger charge is -2.10. The van der Waals surface area contributed by atoms with E-state index in [4.69, 9.17) is 0 Å². The molecule has 0 fully saturated rings. The van der Waals surface area contributed by atoms with Crippen LogP contribution < -0.4 is 5.43 Å². The Kier molecular flexibility index (Phi) is 4.74. The Bertz CT molecular complexity index is 816. The molecular formula is C15H13F3N2O2S. The number of anilines is 1. The summed E-state index contributed by atoms with van der Waals surface area (Å²) in [4.78, 5) is -0.218. The highest BCUT2D eigenvalue weighted by Crippen LogP contribution is 2.31. The van der Waals surface area contributed by atoms with Crippen molar-refractivity contribution in [1.82, 2.24) is 0 Å². The van der Waals surface area contributed by atoms with Gasteiger partial charge in [0.15, 0.2) is 9.84 Å². The van der Waals surface area contributed by atoms with Crippen LogP contribution in [0.1, 0.15) is 11.1 Å². The zero-order valence-corrected chi connectivity index (χ0v) is 12.8. The number of para-hydroxylation sites is 1. The number of hydrogen-bond acceptors (Lipinski definition) is 4. The van der Waals surface area contributed by atoms with Crippen molar-refractivity contribution in [2.45, 2.75) is 11.1 Å². The molecule has 2 rings (SSSR count). The average Bonchev–Trinajstić information content (AvgIpc) is 2.46. The topological polar surface area (TPSA) is 58.5 Å². The third-order valence-corrected chi connectivity index (χ3v) is 4.08. The van der Waals surface area contributed by atoms with Crippen LogP contribution in [-0.2, 0) is 16.0 Å². The molecule has 0 aliphatic carbocycles. The number of alkyl halides is 3. The molecule has 0 spiro atoms. The molecule has 0 aromatic heterocycles. The number of halogens is 3. The van der Waals surface area contributed by atoms with Crippen molar-refractivity contribution in [3.8, 4) is 0 Å². The van der Waals surface area contributed by atoms with E-state index >= 15 is 0 Å². The molecule has 23 heavy (non-hydrogen) atoms. The summed E-state index contributed by atoms with van der Waals surface area (Å²) in [5.74, 6) is 0. The number of sulfone groups is 1. The largest absolute Gasteiger partial charge is 0.416 e. The van der Waals surface area contributed by atoms with Crippen molar-refractivity contribution < 1.29 is 21.6 Å². The maximum absolute atomic E-state index is 12.8. The fraction of sp³-hybridized carbons (Fsp3) is 0.133. The van der Waals surface area contributed by atoms with Gasteiger partial charge in [0, 0.05) is 11.8 Å². The van der Waals surface area contributed by atoms with Gasteiger partial charge in [-0.1, -0.05) is 18.2 Å². The monoisotopic (exact) mass is 342 g/mol. The lowest BCUT2D eigenvalue weighted by Crippen LogP contribution is -2.09. The van der Waals surface area contributed by atoms with E-state index in [-0.39, 0.29) is 10.5 Å². The molecule has 0 unspecified atom stereocenters. The summed E-state index contributed by atoms with van der Waals surface area (Å²) < 4.78 is 61.7. The molecule has 0 bridgehead atoms.